The van der Waals surface area contributed by atoms with Crippen LogP contribution in [0.15, 0.2) is 76.8 Å². The van der Waals surface area contributed by atoms with E-state index in [1.807, 2.05) is 6.07 Å². The van der Waals surface area contributed by atoms with Crippen molar-refractivity contribution in [3.8, 4) is 11.8 Å². The van der Waals surface area contributed by atoms with E-state index in [-0.39, 0.29) is 12.2 Å². The molecule has 0 saturated carbocycles. The fourth-order valence-corrected chi connectivity index (χ4v) is 3.38. The maximum atomic E-state index is 12.9. The molecule has 0 fully saturated rings. The first kappa shape index (κ1) is 24.0. The fraction of sp³-hybridized carbons (Fsp3) is 0.0417. The summed E-state index contributed by atoms with van der Waals surface area (Å²) in [5.41, 5.74) is 1.39. The molecule has 2 N–H and O–H groups in total. The number of carbonyl (C=O) groups excluding carboxylic acids is 2. The Morgan fingerprint density at radius 3 is 2.48 bits per heavy atom. The molecule has 166 valence electrons. The Bertz CT molecular complexity index is 1260. The first-order valence-electron chi connectivity index (χ1n) is 9.50. The molecule has 0 heterocycles. The summed E-state index contributed by atoms with van der Waals surface area (Å²) in [7, 11) is 0. The Hall–Kier alpha value is -3.67. The summed E-state index contributed by atoms with van der Waals surface area (Å²) in [6.07, 6.45) is 1.43. The molecule has 3 rings (SSSR count). The van der Waals surface area contributed by atoms with Gasteiger partial charge in [0.1, 0.15) is 23.2 Å². The molecule has 0 atom stereocenters. The summed E-state index contributed by atoms with van der Waals surface area (Å²) < 4.78 is 19.0. The lowest BCUT2D eigenvalue weighted by Crippen LogP contribution is -2.20. The van der Waals surface area contributed by atoms with Crippen molar-refractivity contribution < 1.29 is 18.7 Å². The van der Waals surface area contributed by atoms with Crippen molar-refractivity contribution in [1.82, 2.24) is 0 Å². The monoisotopic (exact) mass is 527 g/mol. The minimum absolute atomic E-state index is 0.103. The molecule has 0 saturated heterocycles. The first-order chi connectivity index (χ1) is 15.8. The lowest BCUT2D eigenvalue weighted by Gasteiger charge is -2.10. The normalized spacial score (nSPS) is 10.8. The van der Waals surface area contributed by atoms with Crippen molar-refractivity contribution in [3.63, 3.8) is 0 Å². The number of amides is 2. The van der Waals surface area contributed by atoms with Crippen LogP contribution in [0.2, 0.25) is 5.02 Å². The zero-order valence-electron chi connectivity index (χ0n) is 16.9. The van der Waals surface area contributed by atoms with Gasteiger partial charge in [-0.3, -0.25) is 9.59 Å². The maximum absolute atomic E-state index is 12.9. The number of nitriles is 1. The van der Waals surface area contributed by atoms with Crippen LogP contribution in [0.5, 0.6) is 5.75 Å². The minimum atomic E-state index is -0.575. The van der Waals surface area contributed by atoms with Gasteiger partial charge >= 0.3 is 0 Å². The van der Waals surface area contributed by atoms with Crippen LogP contribution in [-0.2, 0) is 9.59 Å². The molecule has 0 radical (unpaired) electrons. The minimum Gasteiger partial charge on any atom is -0.483 e. The summed E-state index contributed by atoms with van der Waals surface area (Å²) in [6.45, 7) is -0.267. The number of hydrogen-bond donors (Lipinski definition) is 2. The van der Waals surface area contributed by atoms with Crippen LogP contribution in [0.25, 0.3) is 6.08 Å². The van der Waals surface area contributed by atoms with E-state index in [1.54, 1.807) is 42.5 Å². The van der Waals surface area contributed by atoms with Crippen LogP contribution in [-0.4, -0.2) is 18.4 Å². The highest BCUT2D eigenvalue weighted by molar-refractivity contribution is 9.10. The number of hydrogen-bond acceptors (Lipinski definition) is 4. The number of halogens is 3. The van der Waals surface area contributed by atoms with E-state index < -0.39 is 17.6 Å². The summed E-state index contributed by atoms with van der Waals surface area (Å²) in [5, 5.41) is 15.1. The van der Waals surface area contributed by atoms with Crippen molar-refractivity contribution in [1.29, 1.82) is 5.26 Å². The molecule has 0 aromatic heterocycles. The predicted octanol–water partition coefficient (Wildman–Crippen LogP) is 5.80. The van der Waals surface area contributed by atoms with Crippen molar-refractivity contribution >= 4 is 56.8 Å². The summed E-state index contributed by atoms with van der Waals surface area (Å²) in [6, 6.07) is 18.7. The number of anilines is 2. The van der Waals surface area contributed by atoms with E-state index in [2.05, 4.69) is 26.6 Å². The van der Waals surface area contributed by atoms with Crippen LogP contribution in [0.3, 0.4) is 0 Å². The van der Waals surface area contributed by atoms with E-state index in [9.17, 15) is 19.2 Å². The molecule has 3 aromatic carbocycles. The molecule has 2 amide bonds. The van der Waals surface area contributed by atoms with Crippen molar-refractivity contribution in [3.05, 3.63) is 93.2 Å². The molecule has 0 aliphatic heterocycles. The number of benzene rings is 3. The zero-order chi connectivity index (χ0) is 23.8. The van der Waals surface area contributed by atoms with Crippen molar-refractivity contribution in [2.24, 2.45) is 0 Å². The van der Waals surface area contributed by atoms with Gasteiger partial charge in [-0.25, -0.2) is 4.39 Å². The quantitative estimate of drug-likeness (QED) is 0.299. The van der Waals surface area contributed by atoms with Crippen LogP contribution < -0.4 is 15.4 Å². The molecule has 0 spiro atoms. The summed E-state index contributed by atoms with van der Waals surface area (Å²) >= 11 is 9.27. The molecule has 3 aromatic rings. The molecular formula is C24H16BrClFN3O3. The van der Waals surface area contributed by atoms with E-state index in [0.717, 1.165) is 0 Å². The Kier molecular flexibility index (Phi) is 8.19. The van der Waals surface area contributed by atoms with Gasteiger partial charge in [-0.1, -0.05) is 23.7 Å². The highest BCUT2D eigenvalue weighted by atomic mass is 79.9. The van der Waals surface area contributed by atoms with Gasteiger partial charge in [0, 0.05) is 16.4 Å². The third-order valence-corrected chi connectivity index (χ3v) is 5.06. The number of nitrogens with one attached hydrogen (secondary N) is 2. The Labute approximate surface area is 202 Å². The van der Waals surface area contributed by atoms with Gasteiger partial charge in [-0.2, -0.15) is 5.26 Å². The van der Waals surface area contributed by atoms with Crippen LogP contribution in [0, 0.1) is 17.1 Å². The summed E-state index contributed by atoms with van der Waals surface area (Å²) in [5.74, 6) is -0.997. The maximum Gasteiger partial charge on any atom is 0.266 e. The van der Waals surface area contributed by atoms with Gasteiger partial charge in [-0.05, 0) is 82.2 Å². The van der Waals surface area contributed by atoms with Crippen LogP contribution in [0.1, 0.15) is 5.56 Å². The molecule has 0 bridgehead atoms. The predicted molar refractivity (Wildman–Crippen MR) is 128 cm³/mol. The molecule has 0 unspecified atom stereocenters. The zero-order valence-corrected chi connectivity index (χ0v) is 19.3. The second kappa shape index (κ2) is 11.3. The first-order valence-corrected chi connectivity index (χ1v) is 10.7. The highest BCUT2D eigenvalue weighted by Gasteiger charge is 2.11. The van der Waals surface area contributed by atoms with Gasteiger partial charge in [0.2, 0.25) is 0 Å². The van der Waals surface area contributed by atoms with E-state index in [0.29, 0.717) is 32.2 Å². The Morgan fingerprint density at radius 1 is 1.06 bits per heavy atom. The SMILES string of the molecule is N#C/C(=C/c1ccc(OCC(=O)Nc2ccc(F)cc2)c(Br)c1)C(=O)Nc1cccc(Cl)c1. The van der Waals surface area contributed by atoms with Gasteiger partial charge in [0.25, 0.3) is 11.8 Å². The summed E-state index contributed by atoms with van der Waals surface area (Å²) in [4.78, 5) is 24.4. The second-order valence-corrected chi connectivity index (χ2v) is 7.96. The van der Waals surface area contributed by atoms with Crippen LogP contribution >= 0.6 is 27.5 Å². The topological polar surface area (TPSA) is 91.2 Å². The van der Waals surface area contributed by atoms with Gasteiger partial charge in [0.15, 0.2) is 6.61 Å². The average molecular weight is 529 g/mol. The standard InChI is InChI=1S/C24H16BrClFN3O3/c25-21-11-15(10-16(13-28)24(32)30-20-3-1-2-17(26)12-20)4-9-22(21)33-14-23(31)29-19-7-5-18(27)6-8-19/h1-12H,14H2,(H,29,31)(H,30,32)/b16-10-. The van der Waals surface area contributed by atoms with Crippen molar-refractivity contribution in [2.75, 3.05) is 17.2 Å². The van der Waals surface area contributed by atoms with Gasteiger partial charge in [0.05, 0.1) is 4.47 Å². The largest absolute Gasteiger partial charge is 0.483 e. The molecule has 6 nitrogen and oxygen atoms in total. The fourth-order valence-electron chi connectivity index (χ4n) is 2.68. The molecular weight excluding hydrogens is 513 g/mol. The number of nitrogens with zero attached hydrogens (tertiary/aromatic N) is 1. The Morgan fingerprint density at radius 2 is 1.82 bits per heavy atom. The smallest absolute Gasteiger partial charge is 0.266 e. The van der Waals surface area contributed by atoms with E-state index in [1.165, 1.54) is 30.3 Å². The van der Waals surface area contributed by atoms with Crippen LogP contribution in [0.4, 0.5) is 15.8 Å². The average Bonchev–Trinajstić information content (AvgIpc) is 2.78. The number of ether oxygens (including phenoxy) is 1. The van der Waals surface area contributed by atoms with Crippen molar-refractivity contribution in [2.45, 2.75) is 0 Å². The third-order valence-electron chi connectivity index (χ3n) is 4.20. The number of carbonyl (C=O) groups is 2. The highest BCUT2D eigenvalue weighted by Crippen LogP contribution is 2.27. The molecule has 0 aliphatic rings. The van der Waals surface area contributed by atoms with E-state index >= 15 is 0 Å². The second-order valence-electron chi connectivity index (χ2n) is 6.67. The number of rotatable bonds is 7. The third kappa shape index (κ3) is 7.17. The molecule has 9 heteroatoms. The molecule has 0 aliphatic carbocycles. The Balaban J connectivity index is 1.63. The lowest BCUT2D eigenvalue weighted by atomic mass is 10.1. The molecule has 33 heavy (non-hydrogen) atoms. The van der Waals surface area contributed by atoms with E-state index in [4.69, 9.17) is 16.3 Å². The lowest BCUT2D eigenvalue weighted by molar-refractivity contribution is -0.118. The van der Waals surface area contributed by atoms with Gasteiger partial charge in [-0.15, -0.1) is 0 Å². The van der Waals surface area contributed by atoms with Gasteiger partial charge < -0.3 is 15.4 Å².